The quantitative estimate of drug-likeness (QED) is 0.602. The second-order valence-corrected chi connectivity index (χ2v) is 3.45. The van der Waals surface area contributed by atoms with E-state index in [9.17, 15) is 10.1 Å². The predicted molar refractivity (Wildman–Crippen MR) is 56.5 cm³/mol. The van der Waals surface area contributed by atoms with Crippen molar-refractivity contribution in [3.05, 3.63) is 39.9 Å². The predicted octanol–water partition coefficient (Wildman–Crippen LogP) is 1.42. The topological polar surface area (TPSA) is 78.4 Å². The first-order valence-corrected chi connectivity index (χ1v) is 4.53. The van der Waals surface area contributed by atoms with Gasteiger partial charge in [0.15, 0.2) is 0 Å². The normalized spacial score (nSPS) is 14.6. The lowest BCUT2D eigenvalue weighted by atomic mass is 9.95. The van der Waals surface area contributed by atoms with Crippen molar-refractivity contribution in [1.29, 1.82) is 0 Å². The Labute approximate surface area is 88.0 Å². The van der Waals surface area contributed by atoms with Gasteiger partial charge in [-0.05, 0) is 12.5 Å². The van der Waals surface area contributed by atoms with E-state index < -0.39 is 10.5 Å². The highest BCUT2D eigenvalue weighted by atomic mass is 16.6. The average molecular weight is 210 g/mol. The first-order valence-electron chi connectivity index (χ1n) is 4.53. The van der Waals surface area contributed by atoms with Crippen LogP contribution in [0.15, 0.2) is 24.3 Å². The molecule has 82 valence electrons. The monoisotopic (exact) mass is 210 g/mol. The minimum atomic E-state index is -0.675. The Bertz CT molecular complexity index is 361. The molecule has 5 nitrogen and oxygen atoms in total. The minimum absolute atomic E-state index is 0.0456. The van der Waals surface area contributed by atoms with Gasteiger partial charge in [0.05, 0.1) is 4.92 Å². The molecule has 0 spiro atoms. The van der Waals surface area contributed by atoms with Crippen LogP contribution in [0.5, 0.6) is 0 Å². The number of non-ortho nitro benzene ring substituents is 1. The van der Waals surface area contributed by atoms with Crippen molar-refractivity contribution >= 4 is 5.69 Å². The molecule has 0 saturated carbocycles. The van der Waals surface area contributed by atoms with Crippen LogP contribution in [-0.4, -0.2) is 18.6 Å². The Kier molecular flexibility index (Phi) is 3.39. The van der Waals surface area contributed by atoms with Crippen LogP contribution in [0.2, 0.25) is 0 Å². The van der Waals surface area contributed by atoms with Crippen LogP contribution in [0.3, 0.4) is 0 Å². The summed E-state index contributed by atoms with van der Waals surface area (Å²) in [6.45, 7) is 2.07. The van der Waals surface area contributed by atoms with Crippen LogP contribution in [0.25, 0.3) is 0 Å². The summed E-state index contributed by atoms with van der Waals surface area (Å²) in [5, 5.41) is 10.6. The molecule has 0 fully saturated rings. The summed E-state index contributed by atoms with van der Waals surface area (Å²) in [4.78, 5) is 10.2. The van der Waals surface area contributed by atoms with Crippen molar-refractivity contribution in [1.82, 2.24) is 0 Å². The molecular weight excluding hydrogens is 196 g/mol. The molecule has 0 bridgehead atoms. The fraction of sp³-hybridized carbons (Fsp3) is 0.400. The lowest BCUT2D eigenvalue weighted by molar-refractivity contribution is -0.385. The zero-order valence-corrected chi connectivity index (χ0v) is 8.77. The maximum Gasteiger partial charge on any atom is 0.269 e. The number of nitrogens with two attached hydrogens (primary N) is 1. The molecule has 0 radical (unpaired) electrons. The van der Waals surface area contributed by atoms with Gasteiger partial charge in [-0.2, -0.15) is 0 Å². The fourth-order valence-corrected chi connectivity index (χ4v) is 1.27. The Balaban J connectivity index is 3.14. The summed E-state index contributed by atoms with van der Waals surface area (Å²) in [7, 11) is 1.53. The van der Waals surface area contributed by atoms with E-state index in [1.165, 1.54) is 19.2 Å². The van der Waals surface area contributed by atoms with Crippen LogP contribution in [0, 0.1) is 10.1 Å². The Morgan fingerprint density at radius 1 is 1.60 bits per heavy atom. The van der Waals surface area contributed by atoms with E-state index in [0.29, 0.717) is 5.56 Å². The van der Waals surface area contributed by atoms with Crippen molar-refractivity contribution in [3.63, 3.8) is 0 Å². The lowest BCUT2D eigenvalue weighted by Gasteiger charge is -2.26. The maximum absolute atomic E-state index is 10.6. The fourth-order valence-electron chi connectivity index (χ4n) is 1.27. The maximum atomic E-state index is 10.6. The van der Waals surface area contributed by atoms with Crippen molar-refractivity contribution in [2.24, 2.45) is 5.73 Å². The number of methoxy groups -OCH3 is 1. The molecule has 2 N–H and O–H groups in total. The molecule has 0 aliphatic carbocycles. The van der Waals surface area contributed by atoms with Crippen molar-refractivity contribution in [3.8, 4) is 0 Å². The molecule has 5 heteroatoms. The summed E-state index contributed by atoms with van der Waals surface area (Å²) in [6, 6.07) is 6.32. The summed E-state index contributed by atoms with van der Waals surface area (Å²) >= 11 is 0. The van der Waals surface area contributed by atoms with Crippen LogP contribution in [0.1, 0.15) is 12.5 Å². The number of ether oxygens (including phenoxy) is 1. The number of rotatable bonds is 4. The number of nitro benzene ring substituents is 1. The largest absolute Gasteiger partial charge is 0.372 e. The molecule has 1 rings (SSSR count). The Morgan fingerprint density at radius 3 is 2.73 bits per heavy atom. The molecule has 0 aliphatic rings. The second-order valence-electron chi connectivity index (χ2n) is 3.45. The molecule has 0 saturated heterocycles. The summed E-state index contributed by atoms with van der Waals surface area (Å²) < 4.78 is 5.26. The van der Waals surface area contributed by atoms with Crippen LogP contribution in [0.4, 0.5) is 5.69 Å². The minimum Gasteiger partial charge on any atom is -0.372 e. The van der Waals surface area contributed by atoms with Gasteiger partial charge in [0.25, 0.3) is 5.69 Å². The Morgan fingerprint density at radius 2 is 2.27 bits per heavy atom. The third kappa shape index (κ3) is 2.31. The van der Waals surface area contributed by atoms with E-state index in [1.54, 1.807) is 19.1 Å². The molecule has 1 unspecified atom stereocenters. The molecule has 0 heterocycles. The molecular formula is C10H14N2O3. The highest BCUT2D eigenvalue weighted by Gasteiger charge is 2.25. The number of benzene rings is 1. The van der Waals surface area contributed by atoms with E-state index >= 15 is 0 Å². The van der Waals surface area contributed by atoms with Crippen molar-refractivity contribution in [2.45, 2.75) is 12.5 Å². The molecule has 0 aromatic heterocycles. The summed E-state index contributed by atoms with van der Waals surface area (Å²) in [6.07, 6.45) is 0. The van der Waals surface area contributed by atoms with Gasteiger partial charge in [0, 0.05) is 25.8 Å². The van der Waals surface area contributed by atoms with E-state index in [0.717, 1.165) is 0 Å². The number of nitrogens with zero attached hydrogens (tertiary/aromatic N) is 1. The first-order chi connectivity index (χ1) is 7.03. The standard InChI is InChI=1S/C10H14N2O3/c1-10(7-11,15-2)8-4-3-5-9(6-8)12(13)14/h3-6H,7,11H2,1-2H3. The highest BCUT2D eigenvalue weighted by molar-refractivity contribution is 5.37. The number of hydrogen-bond acceptors (Lipinski definition) is 4. The molecule has 0 aliphatic heterocycles. The van der Waals surface area contributed by atoms with Gasteiger partial charge in [0.2, 0.25) is 0 Å². The molecule has 1 atom stereocenters. The van der Waals surface area contributed by atoms with E-state index in [1.807, 2.05) is 0 Å². The Hall–Kier alpha value is -1.46. The van der Waals surface area contributed by atoms with E-state index in [2.05, 4.69) is 0 Å². The zero-order valence-electron chi connectivity index (χ0n) is 8.77. The van der Waals surface area contributed by atoms with Gasteiger partial charge in [-0.25, -0.2) is 0 Å². The molecule has 0 amide bonds. The van der Waals surface area contributed by atoms with E-state index in [-0.39, 0.29) is 12.2 Å². The van der Waals surface area contributed by atoms with Gasteiger partial charge in [0.1, 0.15) is 5.60 Å². The van der Waals surface area contributed by atoms with Gasteiger partial charge in [-0.3, -0.25) is 10.1 Å². The SMILES string of the molecule is COC(C)(CN)c1cccc([N+](=O)[O-])c1. The third-order valence-electron chi connectivity index (χ3n) is 2.51. The molecule has 15 heavy (non-hydrogen) atoms. The summed E-state index contributed by atoms with van der Waals surface area (Å²) in [5.41, 5.74) is 5.66. The molecule has 1 aromatic carbocycles. The van der Waals surface area contributed by atoms with Crippen LogP contribution < -0.4 is 5.73 Å². The number of hydrogen-bond donors (Lipinski definition) is 1. The van der Waals surface area contributed by atoms with Gasteiger partial charge in [-0.1, -0.05) is 12.1 Å². The third-order valence-corrected chi connectivity index (χ3v) is 2.51. The highest BCUT2D eigenvalue weighted by Crippen LogP contribution is 2.26. The van der Waals surface area contributed by atoms with Crippen LogP contribution >= 0.6 is 0 Å². The van der Waals surface area contributed by atoms with Crippen LogP contribution in [-0.2, 0) is 10.3 Å². The van der Waals surface area contributed by atoms with Crippen molar-refractivity contribution < 1.29 is 9.66 Å². The summed E-state index contributed by atoms with van der Waals surface area (Å²) in [5.74, 6) is 0. The first kappa shape index (κ1) is 11.6. The molecule has 1 aromatic rings. The number of nitro groups is 1. The van der Waals surface area contributed by atoms with Gasteiger partial charge < -0.3 is 10.5 Å². The second kappa shape index (κ2) is 4.37. The lowest BCUT2D eigenvalue weighted by Crippen LogP contribution is -2.33. The smallest absolute Gasteiger partial charge is 0.269 e. The van der Waals surface area contributed by atoms with Crippen molar-refractivity contribution in [2.75, 3.05) is 13.7 Å². The van der Waals surface area contributed by atoms with Gasteiger partial charge >= 0.3 is 0 Å². The van der Waals surface area contributed by atoms with E-state index in [4.69, 9.17) is 10.5 Å². The average Bonchev–Trinajstić information content (AvgIpc) is 2.28. The van der Waals surface area contributed by atoms with Gasteiger partial charge in [-0.15, -0.1) is 0 Å². The zero-order chi connectivity index (χ0) is 11.5.